The van der Waals surface area contributed by atoms with Crippen LogP contribution in [-0.2, 0) is 12.8 Å². The molecule has 0 amide bonds. The van der Waals surface area contributed by atoms with Crippen LogP contribution in [0.1, 0.15) is 55.4 Å². The largest absolute Gasteiger partial charge is 0.507 e. The average Bonchev–Trinajstić information content (AvgIpc) is 3.44. The SMILES string of the molecule is CCc1cc(-c2ccccc2)cc(C=NC2CCC(N=Cc3cc(-c4ccccc4)cc(CC)c3O)C2)c1O. The van der Waals surface area contributed by atoms with Crippen LogP contribution in [0.3, 0.4) is 0 Å². The highest BCUT2D eigenvalue weighted by atomic mass is 16.3. The molecule has 4 heteroatoms. The van der Waals surface area contributed by atoms with E-state index in [1.54, 1.807) is 0 Å². The van der Waals surface area contributed by atoms with Crippen LogP contribution in [0.5, 0.6) is 11.5 Å². The zero-order chi connectivity index (χ0) is 27.2. The lowest BCUT2D eigenvalue weighted by molar-refractivity contribution is 0.467. The molecule has 39 heavy (non-hydrogen) atoms. The summed E-state index contributed by atoms with van der Waals surface area (Å²) in [6, 6.07) is 29.0. The molecule has 0 spiro atoms. The van der Waals surface area contributed by atoms with Gasteiger partial charge in [0, 0.05) is 23.6 Å². The molecule has 1 aliphatic carbocycles. The zero-order valence-corrected chi connectivity index (χ0v) is 22.7. The van der Waals surface area contributed by atoms with Crippen LogP contribution >= 0.6 is 0 Å². The van der Waals surface area contributed by atoms with Crippen LogP contribution in [0, 0.1) is 0 Å². The van der Waals surface area contributed by atoms with Crippen molar-refractivity contribution in [2.45, 2.75) is 58.0 Å². The summed E-state index contributed by atoms with van der Waals surface area (Å²) in [5.41, 5.74) is 7.80. The Morgan fingerprint density at radius 1 is 0.615 bits per heavy atom. The molecular weight excluding hydrogens is 480 g/mol. The number of hydrogen-bond donors (Lipinski definition) is 2. The summed E-state index contributed by atoms with van der Waals surface area (Å²) in [6.07, 6.45) is 7.94. The Labute approximate surface area is 231 Å². The smallest absolute Gasteiger partial charge is 0.127 e. The number of rotatable bonds is 8. The molecule has 0 heterocycles. The van der Waals surface area contributed by atoms with Gasteiger partial charge in [-0.2, -0.15) is 0 Å². The van der Waals surface area contributed by atoms with Crippen molar-refractivity contribution >= 4 is 12.4 Å². The Morgan fingerprint density at radius 2 is 1.03 bits per heavy atom. The van der Waals surface area contributed by atoms with Gasteiger partial charge in [-0.05, 0) is 89.8 Å². The normalized spacial score (nSPS) is 17.4. The molecule has 1 saturated carbocycles. The first-order valence-corrected chi connectivity index (χ1v) is 13.9. The van der Waals surface area contributed by atoms with E-state index in [0.717, 1.165) is 76.6 Å². The maximum atomic E-state index is 10.8. The summed E-state index contributed by atoms with van der Waals surface area (Å²) in [7, 11) is 0. The molecule has 198 valence electrons. The monoisotopic (exact) mass is 516 g/mol. The third-order valence-corrected chi connectivity index (χ3v) is 7.64. The topological polar surface area (TPSA) is 65.2 Å². The van der Waals surface area contributed by atoms with Crippen LogP contribution < -0.4 is 0 Å². The summed E-state index contributed by atoms with van der Waals surface area (Å²) in [4.78, 5) is 9.72. The predicted molar refractivity (Wildman–Crippen MR) is 162 cm³/mol. The number of phenols is 2. The predicted octanol–water partition coefficient (Wildman–Crippen LogP) is 8.02. The van der Waals surface area contributed by atoms with Crippen LogP contribution in [0.25, 0.3) is 22.3 Å². The highest BCUT2D eigenvalue weighted by molar-refractivity contribution is 5.88. The van der Waals surface area contributed by atoms with Crippen LogP contribution in [-0.4, -0.2) is 34.7 Å². The van der Waals surface area contributed by atoms with E-state index in [0.29, 0.717) is 11.5 Å². The van der Waals surface area contributed by atoms with Crippen LogP contribution in [0.15, 0.2) is 94.9 Å². The van der Waals surface area contributed by atoms with Crippen molar-refractivity contribution in [3.8, 4) is 33.8 Å². The van der Waals surface area contributed by atoms with E-state index in [4.69, 9.17) is 9.98 Å². The number of hydrogen-bond acceptors (Lipinski definition) is 4. The van der Waals surface area contributed by atoms with Crippen molar-refractivity contribution in [1.82, 2.24) is 0 Å². The van der Waals surface area contributed by atoms with Crippen molar-refractivity contribution in [2.24, 2.45) is 9.98 Å². The van der Waals surface area contributed by atoms with Gasteiger partial charge in [0.15, 0.2) is 0 Å². The molecule has 0 saturated heterocycles. The second-order valence-corrected chi connectivity index (χ2v) is 10.3. The first-order valence-electron chi connectivity index (χ1n) is 13.9. The number of phenolic OH excluding ortho intramolecular Hbond substituents is 2. The maximum Gasteiger partial charge on any atom is 0.127 e. The van der Waals surface area contributed by atoms with Gasteiger partial charge >= 0.3 is 0 Å². The van der Waals surface area contributed by atoms with Gasteiger partial charge in [-0.15, -0.1) is 0 Å². The van der Waals surface area contributed by atoms with E-state index in [9.17, 15) is 10.2 Å². The Bertz CT molecular complexity index is 1360. The van der Waals surface area contributed by atoms with Crippen LogP contribution in [0.2, 0.25) is 0 Å². The van der Waals surface area contributed by atoms with Gasteiger partial charge in [-0.25, -0.2) is 0 Å². The van der Waals surface area contributed by atoms with Crippen molar-refractivity contribution in [3.63, 3.8) is 0 Å². The second kappa shape index (κ2) is 12.1. The van der Waals surface area contributed by atoms with E-state index in [2.05, 4.69) is 50.2 Å². The molecule has 4 aromatic rings. The number of aliphatic imine (C=N–C) groups is 2. The average molecular weight is 517 g/mol. The summed E-state index contributed by atoms with van der Waals surface area (Å²) in [6.45, 7) is 4.11. The molecule has 0 bridgehead atoms. The second-order valence-electron chi connectivity index (χ2n) is 10.3. The molecule has 0 aliphatic heterocycles. The Hall–Kier alpha value is -4.18. The Kier molecular flexibility index (Phi) is 8.21. The third-order valence-electron chi connectivity index (χ3n) is 7.64. The summed E-state index contributed by atoms with van der Waals surface area (Å²) < 4.78 is 0. The lowest BCUT2D eigenvalue weighted by Crippen LogP contribution is -2.03. The molecule has 4 nitrogen and oxygen atoms in total. The highest BCUT2D eigenvalue weighted by Crippen LogP contribution is 2.32. The molecule has 2 N–H and O–H groups in total. The first kappa shape index (κ1) is 26.4. The summed E-state index contributed by atoms with van der Waals surface area (Å²) in [5, 5.41) is 21.7. The molecule has 1 fully saturated rings. The van der Waals surface area contributed by atoms with Gasteiger partial charge in [-0.1, -0.05) is 74.5 Å². The van der Waals surface area contributed by atoms with Crippen molar-refractivity contribution in [1.29, 1.82) is 0 Å². The van der Waals surface area contributed by atoms with Gasteiger partial charge < -0.3 is 10.2 Å². The molecule has 5 rings (SSSR count). The number of nitrogens with zero attached hydrogens (tertiary/aromatic N) is 2. The van der Waals surface area contributed by atoms with Crippen LogP contribution in [0.4, 0.5) is 0 Å². The van der Waals surface area contributed by atoms with Gasteiger partial charge in [-0.3, -0.25) is 9.98 Å². The van der Waals surface area contributed by atoms with Gasteiger partial charge in [0.25, 0.3) is 0 Å². The molecular formula is C35H36N2O2. The minimum Gasteiger partial charge on any atom is -0.507 e. The number of aryl methyl sites for hydroxylation is 2. The van der Waals surface area contributed by atoms with Crippen molar-refractivity contribution < 1.29 is 10.2 Å². The van der Waals surface area contributed by atoms with Gasteiger partial charge in [0.1, 0.15) is 11.5 Å². The quantitative estimate of drug-likeness (QED) is 0.233. The molecule has 0 radical (unpaired) electrons. The minimum atomic E-state index is 0.160. The zero-order valence-electron chi connectivity index (χ0n) is 22.7. The fraction of sp³-hybridized carbons (Fsp3) is 0.257. The fourth-order valence-electron chi connectivity index (χ4n) is 5.35. The van der Waals surface area contributed by atoms with E-state index in [1.165, 1.54) is 0 Å². The lowest BCUT2D eigenvalue weighted by atomic mass is 9.98. The van der Waals surface area contributed by atoms with E-state index in [-0.39, 0.29) is 12.1 Å². The van der Waals surface area contributed by atoms with E-state index >= 15 is 0 Å². The van der Waals surface area contributed by atoms with Gasteiger partial charge in [0.05, 0.1) is 12.1 Å². The lowest BCUT2D eigenvalue weighted by Gasteiger charge is -2.11. The Morgan fingerprint density at radius 3 is 1.41 bits per heavy atom. The highest BCUT2D eigenvalue weighted by Gasteiger charge is 2.23. The van der Waals surface area contributed by atoms with E-state index < -0.39 is 0 Å². The number of benzene rings is 4. The summed E-state index contributed by atoms with van der Waals surface area (Å²) >= 11 is 0. The number of aromatic hydroxyl groups is 2. The van der Waals surface area contributed by atoms with Crippen molar-refractivity contribution in [3.05, 3.63) is 107 Å². The Balaban J connectivity index is 1.31. The maximum absolute atomic E-state index is 10.8. The third kappa shape index (κ3) is 6.12. The summed E-state index contributed by atoms with van der Waals surface area (Å²) in [5.74, 6) is 0.628. The van der Waals surface area contributed by atoms with Gasteiger partial charge in [0.2, 0.25) is 0 Å². The fourth-order valence-corrected chi connectivity index (χ4v) is 5.35. The molecule has 2 unspecified atom stereocenters. The first-order chi connectivity index (χ1) is 19.1. The standard InChI is InChI=1S/C35H36N2O2/c1-3-24-17-28(26-11-7-5-8-12-26)19-30(34(24)38)22-36-32-15-16-33(21-32)37-23-31-20-29(18-25(4-2)35(31)39)27-13-9-6-10-14-27/h5-14,17-20,22-23,32-33,38-39H,3-4,15-16,21H2,1-2H3. The van der Waals surface area contributed by atoms with E-state index in [1.807, 2.05) is 61.0 Å². The molecule has 1 aliphatic rings. The molecule has 2 atom stereocenters. The minimum absolute atomic E-state index is 0.160. The van der Waals surface area contributed by atoms with Crippen molar-refractivity contribution in [2.75, 3.05) is 0 Å². The molecule has 4 aromatic carbocycles. The molecule has 0 aromatic heterocycles.